The standard InChI is InChI=1S/C14H13N3O3S2/c1-9-6-13(18)15-14-16(9)11(8-22-14)7-21-12-4-2-10(3-5-12)17(19)20/h2-6,11H,7-8H2,1H3/t11-/m1/s1. The second kappa shape index (κ2) is 6.13. The molecule has 0 saturated carbocycles. The maximum atomic E-state index is 11.4. The quantitative estimate of drug-likeness (QED) is 0.370. The lowest BCUT2D eigenvalue weighted by Gasteiger charge is -2.16. The Kier molecular flexibility index (Phi) is 4.21. The van der Waals surface area contributed by atoms with Gasteiger partial charge in [-0.3, -0.25) is 14.9 Å². The van der Waals surface area contributed by atoms with Gasteiger partial charge in [0.1, 0.15) is 0 Å². The number of hydrogen-bond donors (Lipinski definition) is 0. The van der Waals surface area contributed by atoms with E-state index in [0.717, 1.165) is 27.3 Å². The molecule has 1 aromatic heterocycles. The molecule has 0 radical (unpaired) electrons. The number of aromatic nitrogens is 2. The molecule has 114 valence electrons. The molecular weight excluding hydrogens is 322 g/mol. The SMILES string of the molecule is Cc1cc(=O)nc2n1[C@H](CSc1ccc([N+](=O)[O-])cc1)CS2. The summed E-state index contributed by atoms with van der Waals surface area (Å²) in [6, 6.07) is 8.39. The van der Waals surface area contributed by atoms with Crippen molar-refractivity contribution in [2.45, 2.75) is 23.0 Å². The van der Waals surface area contributed by atoms with Crippen LogP contribution >= 0.6 is 23.5 Å². The van der Waals surface area contributed by atoms with Crippen molar-refractivity contribution in [1.29, 1.82) is 0 Å². The molecule has 0 bridgehead atoms. The van der Waals surface area contributed by atoms with Gasteiger partial charge in [-0.1, -0.05) is 11.8 Å². The molecule has 0 amide bonds. The van der Waals surface area contributed by atoms with E-state index in [4.69, 9.17) is 0 Å². The first-order chi connectivity index (χ1) is 10.5. The topological polar surface area (TPSA) is 78.0 Å². The molecule has 1 aromatic carbocycles. The number of thioether (sulfide) groups is 2. The van der Waals surface area contributed by atoms with Gasteiger partial charge in [0.05, 0.1) is 11.0 Å². The Morgan fingerprint density at radius 2 is 2.18 bits per heavy atom. The van der Waals surface area contributed by atoms with Crippen LogP contribution in [0, 0.1) is 17.0 Å². The van der Waals surface area contributed by atoms with Crippen molar-refractivity contribution in [2.24, 2.45) is 0 Å². The number of non-ortho nitro benzene ring substituents is 1. The number of benzene rings is 1. The first-order valence-electron chi connectivity index (χ1n) is 6.65. The molecule has 2 aromatic rings. The van der Waals surface area contributed by atoms with Gasteiger partial charge in [0.25, 0.3) is 11.2 Å². The van der Waals surface area contributed by atoms with Gasteiger partial charge in [0, 0.05) is 40.3 Å². The van der Waals surface area contributed by atoms with Crippen LogP contribution in [0.2, 0.25) is 0 Å². The summed E-state index contributed by atoms with van der Waals surface area (Å²) >= 11 is 3.25. The van der Waals surface area contributed by atoms with E-state index in [9.17, 15) is 14.9 Å². The van der Waals surface area contributed by atoms with E-state index in [0.29, 0.717) is 0 Å². The van der Waals surface area contributed by atoms with Crippen LogP contribution in [-0.2, 0) is 0 Å². The second-order valence-electron chi connectivity index (χ2n) is 4.92. The predicted octanol–water partition coefficient (Wildman–Crippen LogP) is 2.90. The van der Waals surface area contributed by atoms with Crippen LogP contribution in [0.4, 0.5) is 5.69 Å². The number of nitro benzene ring substituents is 1. The number of nitro groups is 1. The fourth-order valence-corrected chi connectivity index (χ4v) is 4.67. The zero-order valence-electron chi connectivity index (χ0n) is 11.8. The number of fused-ring (bicyclic) bond motifs is 1. The molecule has 3 rings (SSSR count). The molecule has 0 saturated heterocycles. The van der Waals surface area contributed by atoms with Crippen molar-refractivity contribution in [3.63, 3.8) is 0 Å². The minimum atomic E-state index is -0.399. The summed E-state index contributed by atoms with van der Waals surface area (Å²) in [5.41, 5.74) is 0.831. The van der Waals surface area contributed by atoms with Crippen LogP contribution in [0.25, 0.3) is 0 Å². The van der Waals surface area contributed by atoms with Crippen LogP contribution in [-0.4, -0.2) is 26.0 Å². The molecule has 0 N–H and O–H groups in total. The Morgan fingerprint density at radius 1 is 1.45 bits per heavy atom. The summed E-state index contributed by atoms with van der Waals surface area (Å²) in [7, 11) is 0. The molecule has 1 aliphatic heterocycles. The lowest BCUT2D eigenvalue weighted by atomic mass is 10.3. The van der Waals surface area contributed by atoms with E-state index in [2.05, 4.69) is 9.55 Å². The highest BCUT2D eigenvalue weighted by atomic mass is 32.2. The third kappa shape index (κ3) is 3.02. The zero-order valence-corrected chi connectivity index (χ0v) is 13.4. The highest BCUT2D eigenvalue weighted by Crippen LogP contribution is 2.35. The Morgan fingerprint density at radius 3 is 2.86 bits per heavy atom. The van der Waals surface area contributed by atoms with Gasteiger partial charge < -0.3 is 4.57 Å². The van der Waals surface area contributed by atoms with Gasteiger partial charge in [-0.2, -0.15) is 4.98 Å². The third-order valence-electron chi connectivity index (χ3n) is 3.38. The average molecular weight is 335 g/mol. The summed E-state index contributed by atoms with van der Waals surface area (Å²) in [5.74, 6) is 1.72. The fourth-order valence-electron chi connectivity index (χ4n) is 2.35. The van der Waals surface area contributed by atoms with E-state index < -0.39 is 4.92 Å². The Bertz CT molecular complexity index is 774. The molecule has 1 atom stereocenters. The summed E-state index contributed by atoms with van der Waals surface area (Å²) in [6.45, 7) is 1.92. The van der Waals surface area contributed by atoms with Crippen LogP contribution in [0.1, 0.15) is 11.7 Å². The first-order valence-corrected chi connectivity index (χ1v) is 8.62. The van der Waals surface area contributed by atoms with Gasteiger partial charge in [-0.25, -0.2) is 0 Å². The van der Waals surface area contributed by atoms with E-state index in [-0.39, 0.29) is 17.3 Å². The minimum Gasteiger partial charge on any atom is -0.320 e. The molecule has 22 heavy (non-hydrogen) atoms. The average Bonchev–Trinajstić information content (AvgIpc) is 2.88. The number of rotatable bonds is 4. The maximum absolute atomic E-state index is 11.4. The Balaban J connectivity index is 1.71. The van der Waals surface area contributed by atoms with Crippen molar-refractivity contribution in [1.82, 2.24) is 9.55 Å². The van der Waals surface area contributed by atoms with Crippen molar-refractivity contribution in [3.8, 4) is 0 Å². The summed E-state index contributed by atoms with van der Waals surface area (Å²) in [6.07, 6.45) is 0. The Labute approximate surface area is 135 Å². The highest BCUT2D eigenvalue weighted by molar-refractivity contribution is 8.00. The normalized spacial score (nSPS) is 16.5. The lowest BCUT2D eigenvalue weighted by molar-refractivity contribution is -0.384. The number of aryl methyl sites for hydroxylation is 1. The van der Waals surface area contributed by atoms with Crippen molar-refractivity contribution < 1.29 is 4.92 Å². The van der Waals surface area contributed by atoms with Crippen LogP contribution in [0.3, 0.4) is 0 Å². The predicted molar refractivity (Wildman–Crippen MR) is 86.8 cm³/mol. The number of nitrogens with zero attached hydrogens (tertiary/aromatic N) is 3. The van der Waals surface area contributed by atoms with E-state index in [1.165, 1.54) is 12.1 Å². The fraction of sp³-hybridized carbons (Fsp3) is 0.286. The molecule has 2 heterocycles. The summed E-state index contributed by atoms with van der Waals surface area (Å²) in [4.78, 5) is 26.7. The number of hydrogen-bond acceptors (Lipinski definition) is 6. The Hall–Kier alpha value is -1.80. The zero-order chi connectivity index (χ0) is 15.7. The highest BCUT2D eigenvalue weighted by Gasteiger charge is 2.24. The lowest BCUT2D eigenvalue weighted by Crippen LogP contribution is -2.18. The molecule has 0 spiro atoms. The van der Waals surface area contributed by atoms with Crippen LogP contribution in [0.5, 0.6) is 0 Å². The first kappa shape index (κ1) is 15.1. The molecule has 0 unspecified atom stereocenters. The largest absolute Gasteiger partial charge is 0.320 e. The smallest absolute Gasteiger partial charge is 0.273 e. The maximum Gasteiger partial charge on any atom is 0.273 e. The molecule has 0 aliphatic carbocycles. The molecule has 1 aliphatic rings. The second-order valence-corrected chi connectivity index (χ2v) is 7.00. The van der Waals surface area contributed by atoms with Gasteiger partial charge in [-0.05, 0) is 19.1 Å². The monoisotopic (exact) mass is 335 g/mol. The van der Waals surface area contributed by atoms with Crippen LogP contribution < -0.4 is 5.56 Å². The van der Waals surface area contributed by atoms with Gasteiger partial charge in [0.15, 0.2) is 5.16 Å². The molecular formula is C14H13N3O3S2. The van der Waals surface area contributed by atoms with Crippen molar-refractivity contribution >= 4 is 29.2 Å². The molecule has 6 nitrogen and oxygen atoms in total. The minimum absolute atomic E-state index is 0.100. The van der Waals surface area contributed by atoms with Crippen molar-refractivity contribution in [3.05, 3.63) is 56.5 Å². The summed E-state index contributed by atoms with van der Waals surface area (Å²) < 4.78 is 2.10. The van der Waals surface area contributed by atoms with Crippen molar-refractivity contribution in [2.75, 3.05) is 11.5 Å². The van der Waals surface area contributed by atoms with Crippen LogP contribution in [0.15, 0.2) is 45.2 Å². The van der Waals surface area contributed by atoms with E-state index >= 15 is 0 Å². The van der Waals surface area contributed by atoms with Gasteiger partial charge in [0.2, 0.25) is 0 Å². The third-order valence-corrected chi connectivity index (χ3v) is 5.64. The van der Waals surface area contributed by atoms with Gasteiger partial charge in [-0.15, -0.1) is 11.8 Å². The summed E-state index contributed by atoms with van der Waals surface area (Å²) in [5, 5.41) is 11.4. The molecule has 8 heteroatoms. The molecule has 0 fully saturated rings. The van der Waals surface area contributed by atoms with Gasteiger partial charge >= 0.3 is 0 Å². The van der Waals surface area contributed by atoms with E-state index in [1.807, 2.05) is 6.92 Å². The van der Waals surface area contributed by atoms with E-state index in [1.54, 1.807) is 41.7 Å².